The molecule has 1 amide bonds. The van der Waals surface area contributed by atoms with Crippen LogP contribution in [0.2, 0.25) is 0 Å². The number of aryl methyl sites for hydroxylation is 1. The number of hydrogen-bond donors (Lipinski definition) is 0. The molecule has 1 saturated heterocycles. The molecule has 4 heteroatoms. The maximum atomic E-state index is 11.8. The van der Waals surface area contributed by atoms with Gasteiger partial charge in [0.05, 0.1) is 6.61 Å². The molecule has 0 N–H and O–H groups in total. The lowest BCUT2D eigenvalue weighted by Gasteiger charge is -2.15. The molecule has 1 fully saturated rings. The number of amides is 1. The monoisotopic (exact) mass is 248 g/mol. The molecule has 18 heavy (non-hydrogen) atoms. The zero-order chi connectivity index (χ0) is 13.0. The Labute approximate surface area is 108 Å². The molecule has 4 nitrogen and oxygen atoms in total. The number of hydrogen-bond acceptors (Lipinski definition) is 3. The Morgan fingerprint density at radius 3 is 3.11 bits per heavy atom. The first kappa shape index (κ1) is 13.0. The SMILES string of the molecule is COCCN1C[C@@H](Cc2cc(C)ccn2)CC1=O. The van der Waals surface area contributed by atoms with E-state index in [4.69, 9.17) is 4.74 Å². The number of methoxy groups -OCH3 is 1. The van der Waals surface area contributed by atoms with Gasteiger partial charge in [0.2, 0.25) is 5.91 Å². The van der Waals surface area contributed by atoms with Gasteiger partial charge in [-0.1, -0.05) is 0 Å². The van der Waals surface area contributed by atoms with E-state index in [1.165, 1.54) is 5.56 Å². The normalized spacial score (nSPS) is 19.6. The average Bonchev–Trinajstić information content (AvgIpc) is 2.67. The van der Waals surface area contributed by atoms with Gasteiger partial charge >= 0.3 is 0 Å². The van der Waals surface area contributed by atoms with Crippen LogP contribution >= 0.6 is 0 Å². The van der Waals surface area contributed by atoms with Crippen molar-refractivity contribution in [1.82, 2.24) is 9.88 Å². The van der Waals surface area contributed by atoms with Gasteiger partial charge in [-0.15, -0.1) is 0 Å². The molecule has 2 heterocycles. The third kappa shape index (κ3) is 3.29. The van der Waals surface area contributed by atoms with Crippen LogP contribution in [0.15, 0.2) is 18.3 Å². The summed E-state index contributed by atoms with van der Waals surface area (Å²) in [5.41, 5.74) is 2.31. The summed E-state index contributed by atoms with van der Waals surface area (Å²) in [7, 11) is 1.66. The van der Waals surface area contributed by atoms with Gasteiger partial charge in [-0.3, -0.25) is 9.78 Å². The molecule has 0 aromatic carbocycles. The number of likely N-dealkylation sites (tertiary alicyclic amines) is 1. The molecular formula is C14H20N2O2. The minimum atomic E-state index is 0.240. The number of aromatic nitrogens is 1. The quantitative estimate of drug-likeness (QED) is 0.791. The highest BCUT2D eigenvalue weighted by atomic mass is 16.5. The first-order valence-corrected chi connectivity index (χ1v) is 6.37. The smallest absolute Gasteiger partial charge is 0.223 e. The Balaban J connectivity index is 1.90. The van der Waals surface area contributed by atoms with E-state index < -0.39 is 0 Å². The Hall–Kier alpha value is -1.42. The highest BCUT2D eigenvalue weighted by Gasteiger charge is 2.29. The topological polar surface area (TPSA) is 42.4 Å². The molecule has 1 aliphatic heterocycles. The Kier molecular flexibility index (Phi) is 4.31. The summed E-state index contributed by atoms with van der Waals surface area (Å²) in [5, 5.41) is 0. The number of ether oxygens (including phenoxy) is 1. The van der Waals surface area contributed by atoms with Crippen LogP contribution in [0.5, 0.6) is 0 Å². The summed E-state index contributed by atoms with van der Waals surface area (Å²) in [6.07, 6.45) is 3.36. The Morgan fingerprint density at radius 2 is 2.39 bits per heavy atom. The van der Waals surface area contributed by atoms with Gasteiger partial charge in [0.15, 0.2) is 0 Å². The predicted octanol–water partition coefficient (Wildman–Crippen LogP) is 1.43. The predicted molar refractivity (Wildman–Crippen MR) is 69.2 cm³/mol. The Morgan fingerprint density at radius 1 is 1.56 bits per heavy atom. The molecule has 1 aromatic heterocycles. The van der Waals surface area contributed by atoms with E-state index in [1.54, 1.807) is 7.11 Å². The lowest BCUT2D eigenvalue weighted by Crippen LogP contribution is -2.28. The van der Waals surface area contributed by atoms with Crippen molar-refractivity contribution >= 4 is 5.91 Å². The van der Waals surface area contributed by atoms with E-state index >= 15 is 0 Å². The van der Waals surface area contributed by atoms with Crippen molar-refractivity contribution in [2.45, 2.75) is 19.8 Å². The maximum absolute atomic E-state index is 11.8. The van der Waals surface area contributed by atoms with Crippen molar-refractivity contribution in [3.05, 3.63) is 29.6 Å². The third-order valence-electron chi connectivity index (χ3n) is 3.33. The van der Waals surface area contributed by atoms with Crippen LogP contribution in [0.4, 0.5) is 0 Å². The first-order chi connectivity index (χ1) is 8.69. The molecule has 1 aliphatic rings. The molecule has 2 rings (SSSR count). The number of rotatable bonds is 5. The van der Waals surface area contributed by atoms with Crippen molar-refractivity contribution in [3.63, 3.8) is 0 Å². The van der Waals surface area contributed by atoms with Crippen LogP contribution in [0.1, 0.15) is 17.7 Å². The largest absolute Gasteiger partial charge is 0.383 e. The van der Waals surface area contributed by atoms with E-state index in [0.29, 0.717) is 25.5 Å². The first-order valence-electron chi connectivity index (χ1n) is 6.37. The van der Waals surface area contributed by atoms with Gasteiger partial charge in [0.1, 0.15) is 0 Å². The summed E-state index contributed by atoms with van der Waals surface area (Å²) in [4.78, 5) is 18.1. The van der Waals surface area contributed by atoms with Gasteiger partial charge in [0, 0.05) is 38.5 Å². The van der Waals surface area contributed by atoms with Crippen LogP contribution in [0.25, 0.3) is 0 Å². The van der Waals surface area contributed by atoms with E-state index in [2.05, 4.69) is 18.0 Å². The van der Waals surface area contributed by atoms with Crippen LogP contribution in [-0.4, -0.2) is 42.6 Å². The molecule has 1 atom stereocenters. The van der Waals surface area contributed by atoms with Crippen LogP contribution in [0, 0.1) is 12.8 Å². The fourth-order valence-electron chi connectivity index (χ4n) is 2.41. The molecule has 0 bridgehead atoms. The number of pyridine rings is 1. The van der Waals surface area contributed by atoms with Crippen molar-refractivity contribution in [2.24, 2.45) is 5.92 Å². The zero-order valence-electron chi connectivity index (χ0n) is 11.1. The third-order valence-corrected chi connectivity index (χ3v) is 3.33. The lowest BCUT2D eigenvalue weighted by molar-refractivity contribution is -0.128. The zero-order valence-corrected chi connectivity index (χ0v) is 11.1. The van der Waals surface area contributed by atoms with Gasteiger partial charge < -0.3 is 9.64 Å². The molecule has 0 radical (unpaired) electrons. The highest BCUT2D eigenvalue weighted by Crippen LogP contribution is 2.21. The van der Waals surface area contributed by atoms with Crippen molar-refractivity contribution < 1.29 is 9.53 Å². The van der Waals surface area contributed by atoms with Crippen molar-refractivity contribution in [2.75, 3.05) is 26.8 Å². The summed E-state index contributed by atoms with van der Waals surface area (Å²) >= 11 is 0. The summed E-state index contributed by atoms with van der Waals surface area (Å²) in [5.74, 6) is 0.633. The van der Waals surface area contributed by atoms with E-state index in [0.717, 1.165) is 18.7 Å². The molecule has 0 spiro atoms. The minimum Gasteiger partial charge on any atom is -0.383 e. The van der Waals surface area contributed by atoms with E-state index in [-0.39, 0.29) is 5.91 Å². The van der Waals surface area contributed by atoms with Gasteiger partial charge in [-0.05, 0) is 37.0 Å². The molecule has 1 aromatic rings. The van der Waals surface area contributed by atoms with Crippen LogP contribution in [0.3, 0.4) is 0 Å². The Bertz CT molecular complexity index is 420. The van der Waals surface area contributed by atoms with Crippen LogP contribution in [-0.2, 0) is 16.0 Å². The standard InChI is InChI=1S/C14H20N2O2/c1-11-3-4-15-13(7-11)8-12-9-14(17)16(10-12)5-6-18-2/h3-4,7,12H,5-6,8-10H2,1-2H3/t12-/m0/s1. The van der Waals surface area contributed by atoms with Crippen LogP contribution < -0.4 is 0 Å². The summed E-state index contributed by atoms with van der Waals surface area (Å²) in [6, 6.07) is 4.09. The van der Waals surface area contributed by atoms with Crippen molar-refractivity contribution in [1.29, 1.82) is 0 Å². The minimum absolute atomic E-state index is 0.240. The number of nitrogens with zero attached hydrogens (tertiary/aromatic N) is 2. The van der Waals surface area contributed by atoms with Gasteiger partial charge in [0.25, 0.3) is 0 Å². The maximum Gasteiger partial charge on any atom is 0.223 e. The van der Waals surface area contributed by atoms with Crippen molar-refractivity contribution in [3.8, 4) is 0 Å². The summed E-state index contributed by atoms with van der Waals surface area (Å²) in [6.45, 7) is 4.21. The molecule has 0 unspecified atom stereocenters. The lowest BCUT2D eigenvalue weighted by atomic mass is 10.0. The average molecular weight is 248 g/mol. The highest BCUT2D eigenvalue weighted by molar-refractivity contribution is 5.78. The van der Waals surface area contributed by atoms with Gasteiger partial charge in [-0.2, -0.15) is 0 Å². The fourth-order valence-corrected chi connectivity index (χ4v) is 2.41. The molecule has 98 valence electrons. The molecule has 0 aliphatic carbocycles. The second kappa shape index (κ2) is 5.96. The van der Waals surface area contributed by atoms with E-state index in [1.807, 2.05) is 17.2 Å². The second-order valence-electron chi connectivity index (χ2n) is 4.93. The second-order valence-corrected chi connectivity index (χ2v) is 4.93. The number of carbonyl (C=O) groups is 1. The molecule has 0 saturated carbocycles. The number of carbonyl (C=O) groups excluding carboxylic acids is 1. The molecular weight excluding hydrogens is 228 g/mol. The van der Waals surface area contributed by atoms with E-state index in [9.17, 15) is 4.79 Å². The fraction of sp³-hybridized carbons (Fsp3) is 0.571. The summed E-state index contributed by atoms with van der Waals surface area (Å²) < 4.78 is 5.02. The van der Waals surface area contributed by atoms with Gasteiger partial charge in [-0.25, -0.2) is 0 Å².